The average molecular weight is 139 g/mol. The van der Waals surface area contributed by atoms with E-state index in [0.29, 0.717) is 0 Å². The minimum absolute atomic E-state index is 1.08. The summed E-state index contributed by atoms with van der Waals surface area (Å²) in [6.07, 6.45) is 7.49. The second-order valence-corrected chi connectivity index (χ2v) is 3.87. The molecule has 1 N–H and O–H groups in total. The highest BCUT2D eigenvalue weighted by molar-refractivity contribution is 4.79. The molecule has 1 saturated heterocycles. The summed E-state index contributed by atoms with van der Waals surface area (Å²) >= 11 is 0. The Morgan fingerprint density at radius 3 is 2.10 bits per heavy atom. The highest BCUT2D eigenvalue weighted by Crippen LogP contribution is 2.37. The van der Waals surface area contributed by atoms with Gasteiger partial charge in [0.15, 0.2) is 0 Å². The second-order valence-electron chi connectivity index (χ2n) is 3.87. The van der Waals surface area contributed by atoms with Crippen molar-refractivity contribution in [3.05, 3.63) is 0 Å². The zero-order valence-corrected chi connectivity index (χ0v) is 6.60. The van der Waals surface area contributed by atoms with E-state index in [1.54, 1.807) is 6.42 Å². The maximum Gasteiger partial charge on any atom is -0.00463 e. The third-order valence-corrected chi connectivity index (χ3v) is 2.82. The molecular weight excluding hydrogens is 122 g/mol. The van der Waals surface area contributed by atoms with Crippen molar-refractivity contribution in [2.75, 3.05) is 13.1 Å². The number of nitrogens with one attached hydrogen (secondary N) is 1. The van der Waals surface area contributed by atoms with Crippen molar-refractivity contribution in [1.82, 2.24) is 5.32 Å². The number of hydrogen-bond donors (Lipinski definition) is 1. The van der Waals surface area contributed by atoms with Crippen LogP contribution in [-0.4, -0.2) is 13.1 Å². The van der Waals surface area contributed by atoms with Gasteiger partial charge in [0, 0.05) is 0 Å². The molecule has 0 aromatic rings. The fourth-order valence-corrected chi connectivity index (χ4v) is 1.94. The Balaban J connectivity index is 1.69. The van der Waals surface area contributed by atoms with E-state index >= 15 is 0 Å². The van der Waals surface area contributed by atoms with Gasteiger partial charge in [-0.25, -0.2) is 0 Å². The third-order valence-electron chi connectivity index (χ3n) is 2.82. The van der Waals surface area contributed by atoms with E-state index in [9.17, 15) is 0 Å². The van der Waals surface area contributed by atoms with Crippen molar-refractivity contribution in [2.45, 2.75) is 32.1 Å². The summed E-state index contributed by atoms with van der Waals surface area (Å²) in [5, 5.41) is 3.41. The van der Waals surface area contributed by atoms with Crippen LogP contribution in [0.5, 0.6) is 0 Å². The smallest absolute Gasteiger partial charge is 0.00463 e. The van der Waals surface area contributed by atoms with Gasteiger partial charge in [0.1, 0.15) is 0 Å². The molecule has 1 aliphatic carbocycles. The van der Waals surface area contributed by atoms with Gasteiger partial charge in [0.2, 0.25) is 0 Å². The maximum atomic E-state index is 3.41. The van der Waals surface area contributed by atoms with Gasteiger partial charge in [-0.05, 0) is 44.2 Å². The number of rotatable bonds is 2. The summed E-state index contributed by atoms with van der Waals surface area (Å²) in [5.41, 5.74) is 0. The Morgan fingerprint density at radius 1 is 0.900 bits per heavy atom. The maximum absolute atomic E-state index is 3.41. The molecule has 0 radical (unpaired) electrons. The fraction of sp³-hybridized carbons (Fsp3) is 1.00. The van der Waals surface area contributed by atoms with Crippen molar-refractivity contribution >= 4 is 0 Å². The Kier molecular flexibility index (Phi) is 1.94. The molecule has 0 aromatic heterocycles. The van der Waals surface area contributed by atoms with Crippen LogP contribution < -0.4 is 5.32 Å². The summed E-state index contributed by atoms with van der Waals surface area (Å²) in [6.45, 7) is 2.55. The number of piperidine rings is 1. The van der Waals surface area contributed by atoms with Gasteiger partial charge in [-0.3, -0.25) is 0 Å². The van der Waals surface area contributed by atoms with E-state index < -0.39 is 0 Å². The largest absolute Gasteiger partial charge is 0.317 e. The lowest BCUT2D eigenvalue weighted by molar-refractivity contribution is 0.340. The van der Waals surface area contributed by atoms with E-state index in [1.807, 2.05) is 0 Å². The monoisotopic (exact) mass is 139 g/mol. The van der Waals surface area contributed by atoms with Gasteiger partial charge in [0.05, 0.1) is 0 Å². The summed E-state index contributed by atoms with van der Waals surface area (Å²) < 4.78 is 0. The first-order valence-corrected chi connectivity index (χ1v) is 4.66. The highest BCUT2D eigenvalue weighted by atomic mass is 14.9. The van der Waals surface area contributed by atoms with E-state index in [-0.39, 0.29) is 0 Å². The molecule has 0 atom stereocenters. The van der Waals surface area contributed by atoms with Gasteiger partial charge in [-0.2, -0.15) is 0 Å². The molecule has 0 amide bonds. The van der Waals surface area contributed by atoms with Gasteiger partial charge >= 0.3 is 0 Å². The van der Waals surface area contributed by atoms with Crippen LogP contribution in [0.2, 0.25) is 0 Å². The van der Waals surface area contributed by atoms with Crippen molar-refractivity contribution in [1.29, 1.82) is 0 Å². The highest BCUT2D eigenvalue weighted by Gasteiger charge is 2.25. The van der Waals surface area contributed by atoms with Crippen LogP contribution >= 0.6 is 0 Å². The van der Waals surface area contributed by atoms with Crippen LogP contribution in [-0.2, 0) is 0 Å². The summed E-state index contributed by atoms with van der Waals surface area (Å²) in [5.74, 6) is 2.22. The molecule has 0 unspecified atom stereocenters. The first-order chi connectivity index (χ1) is 4.95. The van der Waals surface area contributed by atoms with Crippen molar-refractivity contribution < 1.29 is 0 Å². The summed E-state index contributed by atoms with van der Waals surface area (Å²) in [6, 6.07) is 0. The van der Waals surface area contributed by atoms with Crippen molar-refractivity contribution in [3.63, 3.8) is 0 Å². The minimum Gasteiger partial charge on any atom is -0.317 e. The molecular formula is C9H17N. The molecule has 1 nitrogen and oxygen atoms in total. The lowest BCUT2D eigenvalue weighted by atomic mass is 9.93. The molecule has 1 heteroatoms. The van der Waals surface area contributed by atoms with Crippen molar-refractivity contribution in [2.24, 2.45) is 11.8 Å². The first kappa shape index (κ1) is 6.66. The molecule has 10 heavy (non-hydrogen) atoms. The lowest BCUT2D eigenvalue weighted by Crippen LogP contribution is -2.27. The van der Waals surface area contributed by atoms with E-state index in [0.717, 1.165) is 11.8 Å². The average Bonchev–Trinajstić information content (AvgIpc) is 2.74. The SMILES string of the molecule is C1CC(CC2CC2)CCN1. The zero-order valence-electron chi connectivity index (χ0n) is 6.60. The second kappa shape index (κ2) is 2.91. The predicted molar refractivity (Wildman–Crippen MR) is 42.9 cm³/mol. The van der Waals surface area contributed by atoms with Gasteiger partial charge < -0.3 is 5.32 Å². The van der Waals surface area contributed by atoms with E-state index in [4.69, 9.17) is 0 Å². The van der Waals surface area contributed by atoms with Crippen LogP contribution in [0.3, 0.4) is 0 Å². The van der Waals surface area contributed by atoms with Crippen LogP contribution in [0.4, 0.5) is 0 Å². The van der Waals surface area contributed by atoms with Crippen molar-refractivity contribution in [3.8, 4) is 0 Å². The fourth-order valence-electron chi connectivity index (χ4n) is 1.94. The normalized spacial score (nSPS) is 28.8. The van der Waals surface area contributed by atoms with Crippen LogP contribution in [0.25, 0.3) is 0 Å². The Morgan fingerprint density at radius 2 is 1.50 bits per heavy atom. The van der Waals surface area contributed by atoms with Gasteiger partial charge in [-0.15, -0.1) is 0 Å². The molecule has 58 valence electrons. The molecule has 2 aliphatic rings. The molecule has 1 heterocycles. The Labute approximate surface area is 63.2 Å². The van der Waals surface area contributed by atoms with Crippen LogP contribution in [0.15, 0.2) is 0 Å². The predicted octanol–water partition coefficient (Wildman–Crippen LogP) is 1.79. The quantitative estimate of drug-likeness (QED) is 0.615. The molecule has 0 bridgehead atoms. The van der Waals surface area contributed by atoms with E-state index in [2.05, 4.69) is 5.32 Å². The molecule has 0 spiro atoms. The van der Waals surface area contributed by atoms with Crippen LogP contribution in [0, 0.1) is 11.8 Å². The molecule has 1 saturated carbocycles. The standard InChI is InChI=1S/C9H17N/c1-2-8(1)7-9-3-5-10-6-4-9/h8-10H,1-7H2. The van der Waals surface area contributed by atoms with Gasteiger partial charge in [-0.1, -0.05) is 12.8 Å². The van der Waals surface area contributed by atoms with Gasteiger partial charge in [0.25, 0.3) is 0 Å². The van der Waals surface area contributed by atoms with E-state index in [1.165, 1.54) is 38.8 Å². The molecule has 2 fully saturated rings. The Bertz CT molecular complexity index is 101. The number of hydrogen-bond acceptors (Lipinski definition) is 1. The zero-order chi connectivity index (χ0) is 6.81. The Hall–Kier alpha value is -0.0400. The lowest BCUT2D eigenvalue weighted by Gasteiger charge is -2.22. The third kappa shape index (κ3) is 1.72. The first-order valence-electron chi connectivity index (χ1n) is 4.66. The minimum atomic E-state index is 1.08. The van der Waals surface area contributed by atoms with Crippen LogP contribution in [0.1, 0.15) is 32.1 Å². The topological polar surface area (TPSA) is 12.0 Å². The molecule has 2 rings (SSSR count). The summed E-state index contributed by atoms with van der Waals surface area (Å²) in [4.78, 5) is 0. The summed E-state index contributed by atoms with van der Waals surface area (Å²) in [7, 11) is 0. The molecule has 0 aromatic carbocycles. The molecule has 1 aliphatic heterocycles.